The zero-order valence-electron chi connectivity index (χ0n) is 10.7. The number of ether oxygens (including phenoxy) is 1. The van der Waals surface area contributed by atoms with Gasteiger partial charge in [0.05, 0.1) is 17.7 Å². The fraction of sp³-hybridized carbons (Fsp3) is 0.133. The topological polar surface area (TPSA) is 46.5 Å². The predicted molar refractivity (Wildman–Crippen MR) is 79.2 cm³/mol. The number of phenolic OH excluding ortho intramolecular Hbond substituents is 1. The zero-order chi connectivity index (χ0) is 14.7. The third-order valence-electron chi connectivity index (χ3n) is 2.86. The number of phenols is 1. The van der Waals surface area contributed by atoms with Crippen molar-refractivity contribution in [1.29, 1.82) is 0 Å². The summed E-state index contributed by atoms with van der Waals surface area (Å²) in [6.07, 6.45) is 0.136. The average Bonchev–Trinajstić information content (AvgIpc) is 2.44. The smallest absolute Gasteiger partial charge is 0.172 e. The van der Waals surface area contributed by atoms with Crippen LogP contribution in [-0.4, -0.2) is 18.0 Å². The van der Waals surface area contributed by atoms with Crippen LogP contribution in [0.4, 0.5) is 0 Å². The summed E-state index contributed by atoms with van der Waals surface area (Å²) in [5.41, 5.74) is 0.848. The van der Waals surface area contributed by atoms with Crippen LogP contribution in [0.5, 0.6) is 11.5 Å². The summed E-state index contributed by atoms with van der Waals surface area (Å²) in [7, 11) is 1.41. The Kier molecular flexibility index (Phi) is 4.53. The van der Waals surface area contributed by atoms with E-state index >= 15 is 0 Å². The summed E-state index contributed by atoms with van der Waals surface area (Å²) in [6.45, 7) is 0. The Morgan fingerprint density at radius 2 is 1.85 bits per heavy atom. The highest BCUT2D eigenvalue weighted by Crippen LogP contribution is 2.40. The molecule has 0 amide bonds. The molecule has 0 atom stereocenters. The summed E-state index contributed by atoms with van der Waals surface area (Å²) in [6, 6.07) is 10.5. The van der Waals surface area contributed by atoms with Gasteiger partial charge in [0.25, 0.3) is 0 Å². The molecule has 0 heterocycles. The van der Waals surface area contributed by atoms with E-state index in [1.54, 1.807) is 0 Å². The van der Waals surface area contributed by atoms with Gasteiger partial charge in [0.1, 0.15) is 16.5 Å². The van der Waals surface area contributed by atoms with Gasteiger partial charge in [0.2, 0.25) is 0 Å². The number of carbonyl (C=O) groups is 1. The second kappa shape index (κ2) is 6.16. The Bertz CT molecular complexity index is 639. The van der Waals surface area contributed by atoms with Crippen LogP contribution in [-0.2, 0) is 6.42 Å². The van der Waals surface area contributed by atoms with Crippen molar-refractivity contribution in [2.75, 3.05) is 7.11 Å². The minimum Gasteiger partial charge on any atom is -0.507 e. The summed E-state index contributed by atoms with van der Waals surface area (Å²) < 4.78 is 4.97. The summed E-state index contributed by atoms with van der Waals surface area (Å²) in [5.74, 6) is -0.314. The minimum absolute atomic E-state index is 0.00412. The van der Waals surface area contributed by atoms with E-state index in [1.807, 2.05) is 30.3 Å². The van der Waals surface area contributed by atoms with Crippen LogP contribution in [0.3, 0.4) is 0 Å². The quantitative estimate of drug-likeness (QED) is 0.864. The van der Waals surface area contributed by atoms with Crippen molar-refractivity contribution in [3.63, 3.8) is 0 Å². The average molecular weight is 311 g/mol. The van der Waals surface area contributed by atoms with Crippen molar-refractivity contribution < 1.29 is 14.6 Å². The second-order valence-electron chi connectivity index (χ2n) is 4.19. The lowest BCUT2D eigenvalue weighted by Crippen LogP contribution is -2.05. The van der Waals surface area contributed by atoms with Crippen molar-refractivity contribution in [2.24, 2.45) is 0 Å². The molecule has 0 aliphatic carbocycles. The number of benzene rings is 2. The first-order valence-electron chi connectivity index (χ1n) is 5.86. The molecule has 0 saturated heterocycles. The fourth-order valence-electron chi connectivity index (χ4n) is 1.87. The number of carbonyl (C=O) groups excluding carboxylic acids is 1. The number of hydrogen-bond donors (Lipinski definition) is 1. The highest BCUT2D eigenvalue weighted by molar-refractivity contribution is 6.45. The molecular weight excluding hydrogens is 299 g/mol. The molecule has 20 heavy (non-hydrogen) atoms. The van der Waals surface area contributed by atoms with Crippen LogP contribution in [0, 0.1) is 0 Å². The highest BCUT2D eigenvalue weighted by Gasteiger charge is 2.21. The molecule has 0 aromatic heterocycles. The maximum absolute atomic E-state index is 12.3. The summed E-state index contributed by atoms with van der Waals surface area (Å²) in [5, 5.41) is 10.1. The van der Waals surface area contributed by atoms with Crippen molar-refractivity contribution >= 4 is 29.0 Å². The standard InChI is InChI=1S/C15H12Cl2O3/c1-20-12-8-11(19)13(15(17)14(12)16)10(18)7-9-5-3-2-4-6-9/h2-6,8,19H,7H2,1H3. The molecule has 2 aromatic carbocycles. The van der Waals surface area contributed by atoms with E-state index in [4.69, 9.17) is 27.9 Å². The molecule has 3 nitrogen and oxygen atoms in total. The van der Waals surface area contributed by atoms with Crippen LogP contribution in [0.25, 0.3) is 0 Å². The van der Waals surface area contributed by atoms with Crippen molar-refractivity contribution in [3.05, 3.63) is 57.6 Å². The van der Waals surface area contributed by atoms with Gasteiger partial charge in [-0.05, 0) is 5.56 Å². The first kappa shape index (κ1) is 14.7. The normalized spacial score (nSPS) is 10.3. The molecule has 0 fully saturated rings. The van der Waals surface area contributed by atoms with Crippen molar-refractivity contribution in [1.82, 2.24) is 0 Å². The van der Waals surface area contributed by atoms with E-state index < -0.39 is 0 Å². The molecule has 0 unspecified atom stereocenters. The van der Waals surface area contributed by atoms with Gasteiger partial charge in [-0.25, -0.2) is 0 Å². The lowest BCUT2D eigenvalue weighted by atomic mass is 10.0. The Hall–Kier alpha value is -1.71. The van der Waals surface area contributed by atoms with Gasteiger partial charge in [-0.2, -0.15) is 0 Å². The minimum atomic E-state index is -0.303. The number of rotatable bonds is 4. The van der Waals surface area contributed by atoms with E-state index in [0.717, 1.165) is 5.56 Å². The van der Waals surface area contributed by atoms with Gasteiger partial charge in [-0.3, -0.25) is 4.79 Å². The summed E-state index contributed by atoms with van der Waals surface area (Å²) >= 11 is 12.0. The number of methoxy groups -OCH3 is 1. The molecule has 5 heteroatoms. The molecule has 1 N–H and O–H groups in total. The zero-order valence-corrected chi connectivity index (χ0v) is 12.2. The van der Waals surface area contributed by atoms with Gasteiger partial charge in [-0.1, -0.05) is 53.5 Å². The van der Waals surface area contributed by atoms with E-state index in [2.05, 4.69) is 0 Å². The maximum atomic E-state index is 12.3. The third-order valence-corrected chi connectivity index (χ3v) is 3.71. The number of aromatic hydroxyl groups is 1. The molecular formula is C15H12Cl2O3. The van der Waals surface area contributed by atoms with Crippen LogP contribution < -0.4 is 4.74 Å². The highest BCUT2D eigenvalue weighted by atomic mass is 35.5. The number of hydrogen-bond acceptors (Lipinski definition) is 3. The van der Waals surface area contributed by atoms with Gasteiger partial charge in [0.15, 0.2) is 5.78 Å². The Labute approximate surface area is 126 Å². The molecule has 0 aliphatic rings. The van der Waals surface area contributed by atoms with E-state index in [-0.39, 0.29) is 39.3 Å². The predicted octanol–water partition coefficient (Wildman–Crippen LogP) is 4.13. The van der Waals surface area contributed by atoms with E-state index in [1.165, 1.54) is 13.2 Å². The first-order chi connectivity index (χ1) is 9.54. The lowest BCUT2D eigenvalue weighted by molar-refractivity contribution is 0.0990. The van der Waals surface area contributed by atoms with Crippen LogP contribution in [0.2, 0.25) is 10.0 Å². The molecule has 0 bridgehead atoms. The SMILES string of the molecule is COc1cc(O)c(C(=O)Cc2ccccc2)c(Cl)c1Cl. The van der Waals surface area contributed by atoms with Gasteiger partial charge >= 0.3 is 0 Å². The third kappa shape index (κ3) is 2.89. The van der Waals surface area contributed by atoms with Gasteiger partial charge in [0, 0.05) is 12.5 Å². The molecule has 2 aromatic rings. The molecule has 2 rings (SSSR count). The van der Waals surface area contributed by atoms with E-state index in [9.17, 15) is 9.90 Å². The Balaban J connectivity index is 2.38. The van der Waals surface area contributed by atoms with E-state index in [0.29, 0.717) is 0 Å². The van der Waals surface area contributed by atoms with Crippen molar-refractivity contribution in [2.45, 2.75) is 6.42 Å². The Morgan fingerprint density at radius 3 is 2.45 bits per heavy atom. The van der Waals surface area contributed by atoms with Gasteiger partial charge < -0.3 is 9.84 Å². The van der Waals surface area contributed by atoms with Crippen LogP contribution >= 0.6 is 23.2 Å². The molecule has 0 saturated carbocycles. The fourth-order valence-corrected chi connectivity index (χ4v) is 2.40. The number of Topliss-reactive ketones (excluding diaryl/α,β-unsaturated/α-hetero) is 1. The molecule has 0 radical (unpaired) electrons. The monoisotopic (exact) mass is 310 g/mol. The van der Waals surface area contributed by atoms with Crippen LogP contribution in [0.1, 0.15) is 15.9 Å². The first-order valence-corrected chi connectivity index (χ1v) is 6.62. The largest absolute Gasteiger partial charge is 0.507 e. The molecule has 0 aliphatic heterocycles. The van der Waals surface area contributed by atoms with Crippen LogP contribution in [0.15, 0.2) is 36.4 Å². The molecule has 104 valence electrons. The number of halogens is 2. The maximum Gasteiger partial charge on any atom is 0.172 e. The Morgan fingerprint density at radius 1 is 1.20 bits per heavy atom. The molecule has 0 spiro atoms. The number of ketones is 1. The van der Waals surface area contributed by atoms with Gasteiger partial charge in [-0.15, -0.1) is 0 Å². The lowest BCUT2D eigenvalue weighted by Gasteiger charge is -2.11. The van der Waals surface area contributed by atoms with Crippen molar-refractivity contribution in [3.8, 4) is 11.5 Å². The second-order valence-corrected chi connectivity index (χ2v) is 4.94. The summed E-state index contributed by atoms with van der Waals surface area (Å²) in [4.78, 5) is 12.3.